The van der Waals surface area contributed by atoms with E-state index in [9.17, 15) is 4.79 Å². The van der Waals surface area contributed by atoms with Crippen molar-refractivity contribution in [3.63, 3.8) is 0 Å². The Labute approximate surface area is 132 Å². The maximum absolute atomic E-state index is 10.7. The quantitative estimate of drug-likeness (QED) is 0.829. The second-order valence-corrected chi connectivity index (χ2v) is 7.01. The molecule has 0 amide bonds. The number of hydrogen-bond donors (Lipinski definition) is 1. The van der Waals surface area contributed by atoms with E-state index >= 15 is 0 Å². The fourth-order valence-corrected chi connectivity index (χ4v) is 4.16. The largest absolute Gasteiger partial charge is 0.481 e. The zero-order valence-corrected chi connectivity index (χ0v) is 14.0. The lowest BCUT2D eigenvalue weighted by Gasteiger charge is -2.35. The highest BCUT2D eigenvalue weighted by Crippen LogP contribution is 2.40. The summed E-state index contributed by atoms with van der Waals surface area (Å²) >= 11 is 5.47. The van der Waals surface area contributed by atoms with E-state index in [0.717, 1.165) is 36.2 Å². The molecule has 0 aliphatic carbocycles. The van der Waals surface area contributed by atoms with Crippen LogP contribution in [-0.4, -0.2) is 34.8 Å². The van der Waals surface area contributed by atoms with Crippen molar-refractivity contribution in [2.45, 2.75) is 37.1 Å². The standard InChI is InChI=1S/C15H20BrNO2S/c1-2-17(8-3-4-15(18)19)13-7-9-20-14-6-5-11(16)10-12(13)14/h5-6,10,13H,2-4,7-9H2,1H3,(H,18,19)/t13-/m1/s1. The molecule has 1 aliphatic rings. The van der Waals surface area contributed by atoms with Crippen LogP contribution in [-0.2, 0) is 4.79 Å². The van der Waals surface area contributed by atoms with Gasteiger partial charge in [0.15, 0.2) is 0 Å². The maximum Gasteiger partial charge on any atom is 0.303 e. The SMILES string of the molecule is CCN(CCCC(=O)O)[C@@H]1CCSc2ccc(Br)cc21. The third-order valence-electron chi connectivity index (χ3n) is 3.66. The van der Waals surface area contributed by atoms with Crippen molar-refractivity contribution in [2.24, 2.45) is 0 Å². The molecule has 5 heteroatoms. The van der Waals surface area contributed by atoms with E-state index in [2.05, 4.69) is 46.0 Å². The van der Waals surface area contributed by atoms with Gasteiger partial charge in [0, 0.05) is 21.8 Å². The van der Waals surface area contributed by atoms with Gasteiger partial charge in [-0.3, -0.25) is 9.69 Å². The van der Waals surface area contributed by atoms with Gasteiger partial charge < -0.3 is 5.11 Å². The summed E-state index contributed by atoms with van der Waals surface area (Å²) in [5.41, 5.74) is 1.38. The van der Waals surface area contributed by atoms with Crippen molar-refractivity contribution in [3.05, 3.63) is 28.2 Å². The molecule has 1 aliphatic heterocycles. The second kappa shape index (κ2) is 7.48. The number of thioether (sulfide) groups is 1. The Balaban J connectivity index is 2.11. The number of hydrogen-bond acceptors (Lipinski definition) is 3. The molecule has 0 saturated heterocycles. The molecule has 1 aromatic carbocycles. The molecule has 0 radical (unpaired) electrons. The van der Waals surface area contributed by atoms with Gasteiger partial charge in [0.2, 0.25) is 0 Å². The molecule has 0 saturated carbocycles. The minimum absolute atomic E-state index is 0.253. The lowest BCUT2D eigenvalue weighted by Crippen LogP contribution is -2.32. The topological polar surface area (TPSA) is 40.5 Å². The summed E-state index contributed by atoms with van der Waals surface area (Å²) in [5, 5.41) is 8.78. The Kier molecular flexibility index (Phi) is 5.93. The van der Waals surface area contributed by atoms with Gasteiger partial charge in [0.05, 0.1) is 0 Å². The van der Waals surface area contributed by atoms with E-state index < -0.39 is 5.97 Å². The normalized spacial score (nSPS) is 18.1. The smallest absolute Gasteiger partial charge is 0.303 e. The summed E-state index contributed by atoms with van der Waals surface area (Å²) in [6, 6.07) is 6.91. The van der Waals surface area contributed by atoms with Crippen LogP contribution in [0, 0.1) is 0 Å². The average molecular weight is 358 g/mol. The lowest BCUT2D eigenvalue weighted by atomic mass is 10.0. The first kappa shape index (κ1) is 15.9. The Hall–Kier alpha value is -0.520. The van der Waals surface area contributed by atoms with Crippen LogP contribution in [0.1, 0.15) is 37.8 Å². The summed E-state index contributed by atoms with van der Waals surface area (Å²) in [6.07, 6.45) is 2.11. The molecule has 0 fully saturated rings. The van der Waals surface area contributed by atoms with E-state index in [1.165, 1.54) is 10.5 Å². The van der Waals surface area contributed by atoms with Crippen LogP contribution in [0.2, 0.25) is 0 Å². The van der Waals surface area contributed by atoms with Gasteiger partial charge >= 0.3 is 5.97 Å². The van der Waals surface area contributed by atoms with E-state index in [0.29, 0.717) is 6.04 Å². The average Bonchev–Trinajstić information content (AvgIpc) is 2.43. The molecule has 1 atom stereocenters. The number of rotatable bonds is 6. The van der Waals surface area contributed by atoms with Gasteiger partial charge in [-0.2, -0.15) is 0 Å². The first-order valence-electron chi connectivity index (χ1n) is 7.00. The van der Waals surface area contributed by atoms with Gasteiger partial charge in [0.1, 0.15) is 0 Å². The molecule has 3 nitrogen and oxygen atoms in total. The van der Waals surface area contributed by atoms with Crippen LogP contribution in [0.5, 0.6) is 0 Å². The van der Waals surface area contributed by atoms with Gasteiger partial charge in [0.25, 0.3) is 0 Å². The summed E-state index contributed by atoms with van der Waals surface area (Å²) in [5.74, 6) is 0.428. The van der Waals surface area contributed by atoms with Crippen LogP contribution in [0.15, 0.2) is 27.6 Å². The van der Waals surface area contributed by atoms with Crippen LogP contribution >= 0.6 is 27.7 Å². The highest BCUT2D eigenvalue weighted by Gasteiger charge is 2.25. The van der Waals surface area contributed by atoms with E-state index in [-0.39, 0.29) is 6.42 Å². The summed E-state index contributed by atoms with van der Waals surface area (Å²) < 4.78 is 1.12. The predicted molar refractivity (Wildman–Crippen MR) is 86.3 cm³/mol. The Morgan fingerprint density at radius 1 is 1.55 bits per heavy atom. The molecular formula is C15H20BrNO2S. The number of carboxylic acid groups (broad SMARTS) is 1. The first-order chi connectivity index (χ1) is 9.61. The number of benzene rings is 1. The lowest BCUT2D eigenvalue weighted by molar-refractivity contribution is -0.137. The fraction of sp³-hybridized carbons (Fsp3) is 0.533. The fourth-order valence-electron chi connectivity index (χ4n) is 2.69. The van der Waals surface area contributed by atoms with Crippen molar-refractivity contribution in [1.82, 2.24) is 4.90 Å². The van der Waals surface area contributed by atoms with E-state index in [4.69, 9.17) is 5.11 Å². The van der Waals surface area contributed by atoms with Crippen molar-refractivity contribution in [1.29, 1.82) is 0 Å². The van der Waals surface area contributed by atoms with Crippen LogP contribution in [0.25, 0.3) is 0 Å². The molecule has 1 aromatic rings. The minimum atomic E-state index is -0.705. The Morgan fingerprint density at radius 2 is 2.35 bits per heavy atom. The number of halogens is 1. The molecule has 2 rings (SSSR count). The number of nitrogens with zero attached hydrogens (tertiary/aromatic N) is 1. The van der Waals surface area contributed by atoms with Gasteiger partial charge in [-0.25, -0.2) is 0 Å². The third-order valence-corrected chi connectivity index (χ3v) is 5.28. The maximum atomic E-state index is 10.7. The van der Waals surface area contributed by atoms with Crippen molar-refractivity contribution in [2.75, 3.05) is 18.8 Å². The second-order valence-electron chi connectivity index (χ2n) is 4.96. The highest BCUT2D eigenvalue weighted by molar-refractivity contribution is 9.10. The summed E-state index contributed by atoms with van der Waals surface area (Å²) in [4.78, 5) is 14.4. The highest BCUT2D eigenvalue weighted by atomic mass is 79.9. The van der Waals surface area contributed by atoms with Gasteiger partial charge in [-0.05, 0) is 55.4 Å². The molecule has 110 valence electrons. The molecule has 0 spiro atoms. The Morgan fingerprint density at radius 3 is 3.05 bits per heavy atom. The number of fused-ring (bicyclic) bond motifs is 1. The van der Waals surface area contributed by atoms with Gasteiger partial charge in [-0.1, -0.05) is 22.9 Å². The summed E-state index contributed by atoms with van der Waals surface area (Å²) in [7, 11) is 0. The molecule has 0 bridgehead atoms. The molecule has 0 unspecified atom stereocenters. The third kappa shape index (κ3) is 3.99. The first-order valence-corrected chi connectivity index (χ1v) is 8.77. The van der Waals surface area contributed by atoms with Gasteiger partial charge in [-0.15, -0.1) is 11.8 Å². The number of carboxylic acids is 1. The van der Waals surface area contributed by atoms with Crippen molar-refractivity contribution >= 4 is 33.7 Å². The monoisotopic (exact) mass is 357 g/mol. The molecule has 1 heterocycles. The van der Waals surface area contributed by atoms with Crippen LogP contribution in [0.3, 0.4) is 0 Å². The van der Waals surface area contributed by atoms with E-state index in [1.54, 1.807) is 0 Å². The molecule has 1 N–H and O–H groups in total. The molecule has 20 heavy (non-hydrogen) atoms. The predicted octanol–water partition coefficient (Wildman–Crippen LogP) is 4.17. The molecule has 0 aromatic heterocycles. The van der Waals surface area contributed by atoms with Crippen molar-refractivity contribution < 1.29 is 9.90 Å². The van der Waals surface area contributed by atoms with Crippen LogP contribution in [0.4, 0.5) is 0 Å². The van der Waals surface area contributed by atoms with Crippen LogP contribution < -0.4 is 0 Å². The minimum Gasteiger partial charge on any atom is -0.481 e. The molecular weight excluding hydrogens is 338 g/mol. The number of aliphatic carboxylic acids is 1. The number of carbonyl (C=O) groups is 1. The zero-order valence-electron chi connectivity index (χ0n) is 11.6. The van der Waals surface area contributed by atoms with E-state index in [1.807, 2.05) is 11.8 Å². The van der Waals surface area contributed by atoms with Crippen molar-refractivity contribution in [3.8, 4) is 0 Å². The Bertz CT molecular complexity index is 481. The summed E-state index contributed by atoms with van der Waals surface area (Å²) in [6.45, 7) is 3.96. The zero-order chi connectivity index (χ0) is 14.5.